The highest BCUT2D eigenvalue weighted by molar-refractivity contribution is 7.99. The van der Waals surface area contributed by atoms with E-state index in [9.17, 15) is 12.8 Å². The number of fused-ring (bicyclic) bond motifs is 1. The molecule has 0 radical (unpaired) electrons. The third-order valence-electron chi connectivity index (χ3n) is 5.39. The lowest BCUT2D eigenvalue weighted by Gasteiger charge is -2.17. The molecular weight excluding hydrogens is 457 g/mol. The van der Waals surface area contributed by atoms with Gasteiger partial charge in [-0.3, -0.25) is 5.10 Å². The van der Waals surface area contributed by atoms with Gasteiger partial charge in [-0.15, -0.1) is 11.8 Å². The maximum Gasteiger partial charge on any atom is 0.241 e. The number of thioether (sulfide) groups is 1. The zero-order valence-corrected chi connectivity index (χ0v) is 20.6. The molecule has 8 heteroatoms. The molecule has 0 saturated heterocycles. The lowest BCUT2D eigenvalue weighted by Crippen LogP contribution is -2.35. The molecule has 1 atom stereocenters. The van der Waals surface area contributed by atoms with Crippen molar-refractivity contribution in [1.29, 1.82) is 0 Å². The number of halogens is 1. The Balaban J connectivity index is 1.55. The molecule has 1 aromatic heterocycles. The van der Waals surface area contributed by atoms with E-state index in [1.807, 2.05) is 58.0 Å². The van der Waals surface area contributed by atoms with Gasteiger partial charge < -0.3 is 0 Å². The highest BCUT2D eigenvalue weighted by Crippen LogP contribution is 2.35. The van der Waals surface area contributed by atoms with Crippen LogP contribution in [0.5, 0.6) is 0 Å². The third-order valence-corrected chi connectivity index (χ3v) is 8.60. The second kappa shape index (κ2) is 9.29. The van der Waals surface area contributed by atoms with E-state index in [0.717, 1.165) is 43.7 Å². The minimum Gasteiger partial charge on any atom is -0.277 e. The Bertz CT molecular complexity index is 1390. The minimum atomic E-state index is -3.65. The van der Waals surface area contributed by atoms with Gasteiger partial charge in [-0.2, -0.15) is 5.10 Å². The zero-order chi connectivity index (χ0) is 23.8. The average molecular weight is 484 g/mol. The van der Waals surface area contributed by atoms with Crippen LogP contribution in [0.25, 0.3) is 22.2 Å². The van der Waals surface area contributed by atoms with Crippen LogP contribution in [0.2, 0.25) is 0 Å². The van der Waals surface area contributed by atoms with Gasteiger partial charge in [0.2, 0.25) is 10.0 Å². The molecule has 0 spiro atoms. The Morgan fingerprint density at radius 3 is 2.39 bits per heavy atom. The monoisotopic (exact) mass is 483 g/mol. The summed E-state index contributed by atoms with van der Waals surface area (Å²) in [5, 5.41) is 8.41. The summed E-state index contributed by atoms with van der Waals surface area (Å²) in [6.45, 7) is 7.47. The van der Waals surface area contributed by atoms with Crippen molar-refractivity contribution in [1.82, 2.24) is 14.9 Å². The quantitative estimate of drug-likeness (QED) is 0.328. The standard InChI is InChI=1S/C25H26FN3O2S2/c1-15-12-16(2)25(17(3)13-15)33(30,31)29-18(4)14-32-22-7-5-6-21-23(22)24(28-27-21)19-8-10-20(26)11-9-19/h5-13,18,29H,14H2,1-4H3,(H,27,28). The van der Waals surface area contributed by atoms with Crippen LogP contribution >= 0.6 is 11.8 Å². The van der Waals surface area contributed by atoms with Crippen molar-refractivity contribution in [3.8, 4) is 11.3 Å². The summed E-state index contributed by atoms with van der Waals surface area (Å²) in [5.41, 5.74) is 4.96. The van der Waals surface area contributed by atoms with E-state index in [-0.39, 0.29) is 11.9 Å². The molecule has 33 heavy (non-hydrogen) atoms. The van der Waals surface area contributed by atoms with Crippen LogP contribution in [-0.4, -0.2) is 30.4 Å². The molecule has 0 saturated carbocycles. The summed E-state index contributed by atoms with van der Waals surface area (Å²) >= 11 is 1.56. The maximum absolute atomic E-state index is 13.4. The zero-order valence-electron chi connectivity index (χ0n) is 18.9. The van der Waals surface area contributed by atoms with Gasteiger partial charge in [-0.1, -0.05) is 23.8 Å². The number of aromatic amines is 1. The van der Waals surface area contributed by atoms with Crippen LogP contribution in [0.1, 0.15) is 23.6 Å². The molecule has 1 heterocycles. The first-order valence-corrected chi connectivity index (χ1v) is 13.1. The number of rotatable bonds is 7. The van der Waals surface area contributed by atoms with Crippen LogP contribution in [0.4, 0.5) is 4.39 Å². The van der Waals surface area contributed by atoms with Gasteiger partial charge in [0.15, 0.2) is 0 Å². The number of nitrogens with one attached hydrogen (secondary N) is 2. The van der Waals surface area contributed by atoms with E-state index in [4.69, 9.17) is 0 Å². The lowest BCUT2D eigenvalue weighted by atomic mass is 10.1. The van der Waals surface area contributed by atoms with Crippen molar-refractivity contribution in [2.45, 2.75) is 43.5 Å². The van der Waals surface area contributed by atoms with E-state index in [1.165, 1.54) is 12.1 Å². The van der Waals surface area contributed by atoms with Crippen LogP contribution in [0.3, 0.4) is 0 Å². The first-order chi connectivity index (χ1) is 15.7. The molecule has 1 unspecified atom stereocenters. The Kier molecular flexibility index (Phi) is 6.61. The molecule has 0 bridgehead atoms. The third kappa shape index (κ3) is 4.98. The van der Waals surface area contributed by atoms with Gasteiger partial charge >= 0.3 is 0 Å². The van der Waals surface area contributed by atoms with Crippen LogP contribution < -0.4 is 4.72 Å². The molecule has 0 amide bonds. The van der Waals surface area contributed by atoms with Crippen molar-refractivity contribution in [3.63, 3.8) is 0 Å². The number of hydrogen-bond acceptors (Lipinski definition) is 4. The maximum atomic E-state index is 13.4. The second-order valence-corrected chi connectivity index (χ2v) is 11.0. The fourth-order valence-corrected chi connectivity index (χ4v) is 6.98. The summed E-state index contributed by atoms with van der Waals surface area (Å²) in [7, 11) is -3.65. The number of nitrogens with zero attached hydrogens (tertiary/aromatic N) is 1. The fraction of sp³-hybridized carbons (Fsp3) is 0.240. The highest BCUT2D eigenvalue weighted by Gasteiger charge is 2.22. The molecule has 5 nitrogen and oxygen atoms in total. The fourth-order valence-electron chi connectivity index (χ4n) is 4.14. The summed E-state index contributed by atoms with van der Waals surface area (Å²) in [5.74, 6) is 0.240. The molecule has 2 N–H and O–H groups in total. The topological polar surface area (TPSA) is 74.8 Å². The SMILES string of the molecule is Cc1cc(C)c(S(=O)(=O)NC(C)CSc2cccc3[nH]nc(-c4ccc(F)cc4)c23)c(C)c1. The van der Waals surface area contributed by atoms with Crippen molar-refractivity contribution in [2.75, 3.05) is 5.75 Å². The highest BCUT2D eigenvalue weighted by atomic mass is 32.2. The van der Waals surface area contributed by atoms with Crippen molar-refractivity contribution in [3.05, 3.63) is 77.1 Å². The van der Waals surface area contributed by atoms with Crippen LogP contribution in [0.15, 0.2) is 64.4 Å². The molecule has 0 aliphatic rings. The summed E-state index contributed by atoms with van der Waals surface area (Å²) in [6.07, 6.45) is 0. The van der Waals surface area contributed by atoms with Gasteiger partial charge in [-0.25, -0.2) is 17.5 Å². The van der Waals surface area contributed by atoms with Crippen LogP contribution in [0, 0.1) is 26.6 Å². The number of benzene rings is 3. The number of sulfonamides is 1. The molecule has 172 valence electrons. The van der Waals surface area contributed by atoms with Gasteiger partial charge in [-0.05, 0) is 75.2 Å². The van der Waals surface area contributed by atoms with Crippen molar-refractivity contribution in [2.24, 2.45) is 0 Å². The Hall–Kier alpha value is -2.68. The second-order valence-electron chi connectivity index (χ2n) is 8.32. The molecule has 3 aromatic carbocycles. The van der Waals surface area contributed by atoms with Crippen LogP contribution in [-0.2, 0) is 10.0 Å². The van der Waals surface area contributed by atoms with Gasteiger partial charge in [0.1, 0.15) is 11.5 Å². The normalized spacial score (nSPS) is 12.9. The largest absolute Gasteiger partial charge is 0.277 e. The number of aromatic nitrogens is 2. The molecule has 0 aliphatic heterocycles. The number of aryl methyl sites for hydroxylation is 3. The molecule has 4 aromatic rings. The van der Waals surface area contributed by atoms with Gasteiger partial charge in [0.25, 0.3) is 0 Å². The van der Waals surface area contributed by atoms with E-state index in [0.29, 0.717) is 10.6 Å². The van der Waals surface area contributed by atoms with E-state index >= 15 is 0 Å². The van der Waals surface area contributed by atoms with E-state index in [1.54, 1.807) is 23.9 Å². The minimum absolute atomic E-state index is 0.295. The van der Waals surface area contributed by atoms with Gasteiger partial charge in [0.05, 0.1) is 10.4 Å². The molecule has 4 rings (SSSR count). The van der Waals surface area contributed by atoms with E-state index in [2.05, 4.69) is 14.9 Å². The summed E-state index contributed by atoms with van der Waals surface area (Å²) in [4.78, 5) is 1.33. The van der Waals surface area contributed by atoms with E-state index < -0.39 is 10.0 Å². The average Bonchev–Trinajstić information content (AvgIpc) is 3.16. The predicted octanol–water partition coefficient (Wildman–Crippen LogP) is 5.75. The summed E-state index contributed by atoms with van der Waals surface area (Å²) < 4.78 is 42.4. The number of hydrogen-bond donors (Lipinski definition) is 2. The molecular formula is C25H26FN3O2S2. The first-order valence-electron chi connectivity index (χ1n) is 10.6. The molecule has 0 aliphatic carbocycles. The first kappa shape index (κ1) is 23.5. The van der Waals surface area contributed by atoms with Gasteiger partial charge in [0, 0.05) is 27.6 Å². The molecule has 0 fully saturated rings. The number of H-pyrrole nitrogens is 1. The van der Waals surface area contributed by atoms with Crippen molar-refractivity contribution >= 4 is 32.7 Å². The summed E-state index contributed by atoms with van der Waals surface area (Å²) in [6, 6.07) is 15.6. The van der Waals surface area contributed by atoms with Crippen molar-refractivity contribution < 1.29 is 12.8 Å². The Labute approximate surface area is 197 Å². The predicted molar refractivity (Wildman–Crippen MR) is 133 cm³/mol. The lowest BCUT2D eigenvalue weighted by molar-refractivity contribution is 0.569. The Morgan fingerprint density at radius 1 is 1.06 bits per heavy atom. The smallest absolute Gasteiger partial charge is 0.241 e. The Morgan fingerprint density at radius 2 is 1.73 bits per heavy atom.